The molecule has 0 aliphatic carbocycles. The molecule has 1 heterocycles. The number of nitrogens with one attached hydrogen (secondary N) is 1. The summed E-state index contributed by atoms with van der Waals surface area (Å²) in [5, 5.41) is 15.8. The van der Waals surface area contributed by atoms with E-state index in [2.05, 4.69) is 10.4 Å². The van der Waals surface area contributed by atoms with Crippen molar-refractivity contribution in [3.63, 3.8) is 0 Å². The minimum absolute atomic E-state index is 0.0292. The molecule has 1 aromatic rings. The van der Waals surface area contributed by atoms with Crippen molar-refractivity contribution in [3.05, 3.63) is 18.5 Å². The van der Waals surface area contributed by atoms with Gasteiger partial charge in [0.25, 0.3) is 0 Å². The van der Waals surface area contributed by atoms with Crippen LogP contribution in [0.2, 0.25) is 0 Å². The lowest BCUT2D eigenvalue weighted by atomic mass is 10.0. The highest BCUT2D eigenvalue weighted by atomic mass is 16.4. The lowest BCUT2D eigenvalue weighted by Gasteiger charge is -2.18. The number of carbonyl (C=O) groups is 2. The van der Waals surface area contributed by atoms with Crippen LogP contribution in [0.25, 0.3) is 0 Å². The molecular weight excluding hydrogens is 258 g/mol. The van der Waals surface area contributed by atoms with Gasteiger partial charge in [0.05, 0.1) is 5.92 Å². The Morgan fingerprint density at radius 2 is 2.00 bits per heavy atom. The first-order valence-corrected chi connectivity index (χ1v) is 6.94. The van der Waals surface area contributed by atoms with E-state index < -0.39 is 5.97 Å². The maximum Gasteiger partial charge on any atom is 0.306 e. The van der Waals surface area contributed by atoms with E-state index in [9.17, 15) is 9.59 Å². The summed E-state index contributed by atoms with van der Waals surface area (Å²) in [6.07, 6.45) is 5.58. The topological polar surface area (TPSA) is 84.2 Å². The van der Waals surface area contributed by atoms with E-state index >= 15 is 0 Å². The number of carbonyl (C=O) groups excluding carboxylic acids is 1. The van der Waals surface area contributed by atoms with Crippen molar-refractivity contribution in [1.82, 2.24) is 15.1 Å². The van der Waals surface area contributed by atoms with Gasteiger partial charge in [0.1, 0.15) is 6.04 Å². The molecule has 6 heteroatoms. The monoisotopic (exact) mass is 281 g/mol. The second-order valence-corrected chi connectivity index (χ2v) is 5.24. The van der Waals surface area contributed by atoms with E-state index in [1.54, 1.807) is 37.0 Å². The highest BCUT2D eigenvalue weighted by Crippen LogP contribution is 2.10. The maximum atomic E-state index is 12.0. The normalized spacial score (nSPS) is 15.3. The standard InChI is InChI=1S/C14H23N3O3/c1-10(14(19)20)6-4-7-11(2)16-13(18)12(3)17-9-5-8-15-17/h5,8-12H,4,6-7H2,1-3H3,(H,16,18)(H,19,20). The van der Waals surface area contributed by atoms with Crippen molar-refractivity contribution >= 4 is 11.9 Å². The molecule has 0 bridgehead atoms. The average Bonchev–Trinajstić information content (AvgIpc) is 2.91. The van der Waals surface area contributed by atoms with E-state index in [0.29, 0.717) is 6.42 Å². The number of carboxylic acids is 1. The van der Waals surface area contributed by atoms with Gasteiger partial charge >= 0.3 is 5.97 Å². The van der Waals surface area contributed by atoms with Crippen LogP contribution in [0.15, 0.2) is 18.5 Å². The number of amides is 1. The molecular formula is C14H23N3O3. The second kappa shape index (κ2) is 7.67. The van der Waals surface area contributed by atoms with Crippen LogP contribution in [-0.2, 0) is 9.59 Å². The quantitative estimate of drug-likeness (QED) is 0.761. The molecule has 0 fully saturated rings. The molecule has 0 spiro atoms. The van der Waals surface area contributed by atoms with Gasteiger partial charge < -0.3 is 10.4 Å². The Kier molecular flexibility index (Phi) is 6.21. The van der Waals surface area contributed by atoms with Crippen molar-refractivity contribution < 1.29 is 14.7 Å². The number of hydrogen-bond donors (Lipinski definition) is 2. The summed E-state index contributed by atoms with van der Waals surface area (Å²) in [5.41, 5.74) is 0. The highest BCUT2D eigenvalue weighted by molar-refractivity contribution is 5.80. The zero-order chi connectivity index (χ0) is 15.1. The molecule has 2 N–H and O–H groups in total. The fourth-order valence-electron chi connectivity index (χ4n) is 1.92. The zero-order valence-corrected chi connectivity index (χ0v) is 12.2. The average molecular weight is 281 g/mol. The van der Waals surface area contributed by atoms with Crippen LogP contribution in [-0.4, -0.2) is 32.8 Å². The predicted octanol–water partition coefficient (Wildman–Crippen LogP) is 1.84. The Balaban J connectivity index is 2.29. The van der Waals surface area contributed by atoms with Gasteiger partial charge in [-0.2, -0.15) is 5.10 Å². The maximum absolute atomic E-state index is 12.0. The highest BCUT2D eigenvalue weighted by Gasteiger charge is 2.17. The van der Waals surface area contributed by atoms with Gasteiger partial charge in [0, 0.05) is 18.4 Å². The van der Waals surface area contributed by atoms with Crippen LogP contribution in [0.5, 0.6) is 0 Å². The van der Waals surface area contributed by atoms with Gasteiger partial charge in [-0.25, -0.2) is 0 Å². The number of aliphatic carboxylic acids is 1. The lowest BCUT2D eigenvalue weighted by Crippen LogP contribution is -2.37. The van der Waals surface area contributed by atoms with E-state index in [1.165, 1.54) is 0 Å². The molecule has 3 unspecified atom stereocenters. The van der Waals surface area contributed by atoms with Crippen LogP contribution in [0.4, 0.5) is 0 Å². The van der Waals surface area contributed by atoms with Crippen LogP contribution in [0, 0.1) is 5.92 Å². The summed E-state index contributed by atoms with van der Waals surface area (Å²) in [6, 6.07) is 1.47. The fourth-order valence-corrected chi connectivity index (χ4v) is 1.92. The molecule has 0 saturated carbocycles. The zero-order valence-electron chi connectivity index (χ0n) is 12.2. The van der Waals surface area contributed by atoms with Gasteiger partial charge in [-0.15, -0.1) is 0 Å². The molecule has 1 amide bonds. The third kappa shape index (κ3) is 5.03. The van der Waals surface area contributed by atoms with Crippen LogP contribution in [0.1, 0.15) is 46.1 Å². The van der Waals surface area contributed by atoms with Crippen molar-refractivity contribution in [1.29, 1.82) is 0 Å². The molecule has 3 atom stereocenters. The van der Waals surface area contributed by atoms with Crippen LogP contribution >= 0.6 is 0 Å². The minimum atomic E-state index is -0.769. The molecule has 112 valence electrons. The summed E-state index contributed by atoms with van der Waals surface area (Å²) < 4.78 is 1.61. The third-order valence-corrected chi connectivity index (χ3v) is 3.39. The van der Waals surface area contributed by atoms with Crippen molar-refractivity contribution in [2.45, 2.75) is 52.1 Å². The molecule has 20 heavy (non-hydrogen) atoms. The summed E-state index contributed by atoms with van der Waals surface area (Å²) in [6.45, 7) is 5.42. The summed E-state index contributed by atoms with van der Waals surface area (Å²) in [4.78, 5) is 22.7. The molecule has 0 radical (unpaired) electrons. The Bertz CT molecular complexity index is 431. The lowest BCUT2D eigenvalue weighted by molar-refractivity contribution is -0.141. The smallest absolute Gasteiger partial charge is 0.306 e. The Hall–Kier alpha value is -1.85. The second-order valence-electron chi connectivity index (χ2n) is 5.24. The van der Waals surface area contributed by atoms with Gasteiger partial charge in [-0.3, -0.25) is 14.3 Å². The van der Waals surface area contributed by atoms with E-state index in [-0.39, 0.29) is 23.9 Å². The molecule has 6 nitrogen and oxygen atoms in total. The van der Waals surface area contributed by atoms with Crippen molar-refractivity contribution in [3.8, 4) is 0 Å². The SMILES string of the molecule is CC(CCCC(C)C(=O)O)NC(=O)C(C)n1cccn1. The molecule has 0 aliphatic heterocycles. The largest absolute Gasteiger partial charge is 0.481 e. The number of aromatic nitrogens is 2. The van der Waals surface area contributed by atoms with Gasteiger partial charge in [-0.05, 0) is 32.8 Å². The first kappa shape index (κ1) is 16.2. The number of carboxylic acid groups (broad SMARTS) is 1. The first-order valence-electron chi connectivity index (χ1n) is 6.94. The van der Waals surface area contributed by atoms with Crippen molar-refractivity contribution in [2.75, 3.05) is 0 Å². The summed E-state index contributed by atoms with van der Waals surface area (Å²) in [7, 11) is 0. The Morgan fingerprint density at radius 1 is 1.30 bits per heavy atom. The van der Waals surface area contributed by atoms with E-state index in [0.717, 1.165) is 12.8 Å². The minimum Gasteiger partial charge on any atom is -0.481 e. The third-order valence-electron chi connectivity index (χ3n) is 3.39. The Morgan fingerprint density at radius 3 is 2.55 bits per heavy atom. The summed E-state index contributed by atoms with van der Waals surface area (Å²) >= 11 is 0. The van der Waals surface area contributed by atoms with Gasteiger partial charge in [-0.1, -0.05) is 13.3 Å². The fraction of sp³-hybridized carbons (Fsp3) is 0.643. The van der Waals surface area contributed by atoms with E-state index in [4.69, 9.17) is 5.11 Å². The Labute approximate surface area is 119 Å². The van der Waals surface area contributed by atoms with Crippen molar-refractivity contribution in [2.24, 2.45) is 5.92 Å². The molecule has 1 rings (SSSR count). The van der Waals surface area contributed by atoms with Gasteiger partial charge in [0.15, 0.2) is 0 Å². The molecule has 1 aromatic heterocycles. The molecule has 0 saturated heterocycles. The molecule has 0 aliphatic rings. The number of hydrogen-bond acceptors (Lipinski definition) is 3. The van der Waals surface area contributed by atoms with Gasteiger partial charge in [0.2, 0.25) is 5.91 Å². The van der Waals surface area contributed by atoms with Crippen LogP contribution in [0.3, 0.4) is 0 Å². The molecule has 0 aromatic carbocycles. The first-order chi connectivity index (χ1) is 9.41. The number of rotatable bonds is 8. The van der Waals surface area contributed by atoms with E-state index in [1.807, 2.05) is 6.92 Å². The predicted molar refractivity (Wildman–Crippen MR) is 75.2 cm³/mol. The summed E-state index contributed by atoms with van der Waals surface area (Å²) in [5.74, 6) is -1.18. The number of nitrogens with zero attached hydrogens (tertiary/aromatic N) is 2. The van der Waals surface area contributed by atoms with Crippen LogP contribution < -0.4 is 5.32 Å².